The number of allylic oxidation sites excluding steroid dienone is 8. The molecule has 310 valence electrons. The SMILES string of the molecule is CC1=CC(C)(C)c2cc3[cH-]c4cc5c(cc4c3cc21)C(C)=CC5(C)C.CC1[C-]=CC(C(C)(C)C)=C1.FC(F)(F)c1cccc([C](=[Zr+2])c2cccc(C(F)(F)F)c2)c1.[Cl-].[Cl-]. The molecule has 0 saturated heterocycles. The Morgan fingerprint density at radius 3 is 1.39 bits per heavy atom. The van der Waals surface area contributed by atoms with Crippen molar-refractivity contribution in [2.24, 2.45) is 11.3 Å². The molecule has 5 aromatic carbocycles. The van der Waals surface area contributed by atoms with Gasteiger partial charge in [-0.3, -0.25) is 6.08 Å². The first-order chi connectivity index (χ1) is 26.3. The van der Waals surface area contributed by atoms with Crippen LogP contribution in [0.25, 0.3) is 32.7 Å². The zero-order valence-electron chi connectivity index (χ0n) is 34.9. The van der Waals surface area contributed by atoms with E-state index >= 15 is 0 Å². The Labute approximate surface area is 372 Å². The van der Waals surface area contributed by atoms with Gasteiger partial charge in [-0.25, -0.2) is 6.08 Å². The topological polar surface area (TPSA) is 0 Å². The number of rotatable bonds is 2. The predicted octanol–water partition coefficient (Wildman–Crippen LogP) is 8.92. The van der Waals surface area contributed by atoms with Crippen LogP contribution in [0.4, 0.5) is 26.3 Å². The first-order valence-corrected chi connectivity index (χ1v) is 20.4. The Kier molecular flexibility index (Phi) is 14.1. The summed E-state index contributed by atoms with van der Waals surface area (Å²) in [6.45, 7) is 22.6. The molecule has 9 heteroatoms. The van der Waals surface area contributed by atoms with Crippen LogP contribution >= 0.6 is 0 Å². The van der Waals surface area contributed by atoms with Gasteiger partial charge in [0, 0.05) is 10.8 Å². The third-order valence-corrected chi connectivity index (χ3v) is 12.5. The Morgan fingerprint density at radius 2 is 1.07 bits per heavy atom. The van der Waals surface area contributed by atoms with Crippen LogP contribution in [0.2, 0.25) is 0 Å². The minimum absolute atomic E-state index is 0. The van der Waals surface area contributed by atoms with Crippen LogP contribution in [-0.4, -0.2) is 3.21 Å². The molecule has 8 rings (SSSR count). The van der Waals surface area contributed by atoms with Crippen molar-refractivity contribution in [3.05, 3.63) is 159 Å². The zero-order valence-corrected chi connectivity index (χ0v) is 38.9. The molecule has 0 spiro atoms. The normalized spacial score (nSPS) is 17.3. The molecule has 59 heavy (non-hydrogen) atoms. The van der Waals surface area contributed by atoms with Crippen LogP contribution in [0.1, 0.15) is 114 Å². The molecule has 0 aromatic heterocycles. The second kappa shape index (κ2) is 17.2. The van der Waals surface area contributed by atoms with Crippen LogP contribution in [-0.2, 0) is 47.4 Å². The second-order valence-electron chi connectivity index (χ2n) is 17.7. The smallest absolute Gasteiger partial charge is 1.00 e. The van der Waals surface area contributed by atoms with Gasteiger partial charge in [0.25, 0.3) is 0 Å². The average molecular weight is 925 g/mol. The van der Waals surface area contributed by atoms with E-state index in [4.69, 9.17) is 0 Å². The van der Waals surface area contributed by atoms with Crippen molar-refractivity contribution >= 4 is 35.9 Å². The Balaban J connectivity index is 0.000000208. The molecule has 0 amide bonds. The molecule has 0 saturated carbocycles. The van der Waals surface area contributed by atoms with Crippen LogP contribution < -0.4 is 24.8 Å². The third kappa shape index (κ3) is 10.2. The fraction of sp³-hybridized carbons (Fsp3) is 0.320. The maximum Gasteiger partial charge on any atom is -1.00 e. The van der Waals surface area contributed by atoms with Crippen LogP contribution in [0.5, 0.6) is 0 Å². The summed E-state index contributed by atoms with van der Waals surface area (Å²) >= 11 is 0.729. The van der Waals surface area contributed by atoms with Gasteiger partial charge in [-0.1, -0.05) is 102 Å². The molecule has 0 fully saturated rings. The molecule has 0 nitrogen and oxygen atoms in total. The van der Waals surface area contributed by atoms with E-state index < -0.39 is 23.5 Å². The van der Waals surface area contributed by atoms with Crippen molar-refractivity contribution in [3.63, 3.8) is 0 Å². The standard InChI is InChI=1S/C25H25.C15H8F6.C10H15.2ClH.Zr/c1-14-12-24(3,4)22-8-16-7-17-9-23-19(15(2)13-25(23,5)6)11-21(17)20(16)10-18(14)22;16-14(17,18)12-5-1-3-10(8-12)7-11-4-2-6-13(9-11)15(19,20)21;1-8-5-6-9(7-8)10(2,3)4;;;/h7-13H,1-6H3;1-6,8-9H;6-8H,1-4H3;2*1H;/q-1;;-1;;;+2/p-2. The van der Waals surface area contributed by atoms with Crippen molar-refractivity contribution in [2.45, 2.75) is 92.4 Å². The first-order valence-electron chi connectivity index (χ1n) is 19.1. The summed E-state index contributed by atoms with van der Waals surface area (Å²) in [5.74, 6) is 0.522. The molecule has 0 radical (unpaired) electrons. The predicted molar refractivity (Wildman–Crippen MR) is 221 cm³/mol. The maximum absolute atomic E-state index is 12.7. The molecular formula is C50H48Cl2F6Zr-2. The van der Waals surface area contributed by atoms with Gasteiger partial charge in [-0.2, -0.15) is 11.6 Å². The van der Waals surface area contributed by atoms with E-state index in [-0.39, 0.29) is 46.8 Å². The first kappa shape index (κ1) is 48.3. The molecule has 1 unspecified atom stereocenters. The van der Waals surface area contributed by atoms with Gasteiger partial charge >= 0.3 is 137 Å². The van der Waals surface area contributed by atoms with Gasteiger partial charge in [0.2, 0.25) is 0 Å². The van der Waals surface area contributed by atoms with Gasteiger partial charge in [0.05, 0.1) is 0 Å². The van der Waals surface area contributed by atoms with E-state index in [2.05, 4.69) is 130 Å². The van der Waals surface area contributed by atoms with Gasteiger partial charge in [0.1, 0.15) is 0 Å². The van der Waals surface area contributed by atoms with Crippen molar-refractivity contribution < 1.29 is 75.4 Å². The number of hydrogen-bond donors (Lipinski definition) is 0. The van der Waals surface area contributed by atoms with E-state index in [1.165, 1.54) is 84.8 Å². The van der Waals surface area contributed by atoms with Crippen LogP contribution in [0.15, 0.2) is 109 Å². The molecule has 0 aliphatic heterocycles. The summed E-state index contributed by atoms with van der Waals surface area (Å²) in [6.07, 6.45) is 3.50. The van der Waals surface area contributed by atoms with Crippen molar-refractivity contribution in [1.82, 2.24) is 0 Å². The fourth-order valence-corrected chi connectivity index (χ4v) is 8.90. The number of hydrogen-bond acceptors (Lipinski definition) is 0. The van der Waals surface area contributed by atoms with E-state index in [1.807, 2.05) is 0 Å². The molecule has 0 N–H and O–H groups in total. The summed E-state index contributed by atoms with van der Waals surface area (Å²) in [7, 11) is 0. The summed E-state index contributed by atoms with van der Waals surface area (Å²) in [5, 5.41) is 5.57. The van der Waals surface area contributed by atoms with E-state index in [9.17, 15) is 26.3 Å². The van der Waals surface area contributed by atoms with Gasteiger partial charge in [-0.15, -0.1) is 39.7 Å². The summed E-state index contributed by atoms with van der Waals surface area (Å²) in [5.41, 5.74) is 9.51. The quantitative estimate of drug-likeness (QED) is 0.123. The number of benzene rings is 4. The van der Waals surface area contributed by atoms with E-state index in [0.29, 0.717) is 14.5 Å². The molecule has 5 aromatic rings. The van der Waals surface area contributed by atoms with E-state index in [1.54, 1.807) is 0 Å². The average Bonchev–Trinajstić information content (AvgIpc) is 3.83. The Hall–Kier alpha value is -3.38. The van der Waals surface area contributed by atoms with Gasteiger partial charge in [-0.05, 0) is 36.1 Å². The Morgan fingerprint density at radius 1 is 0.661 bits per heavy atom. The summed E-state index contributed by atoms with van der Waals surface area (Å²) in [4.78, 5) is 0. The fourth-order valence-electron chi connectivity index (χ4n) is 8.14. The van der Waals surface area contributed by atoms with Crippen molar-refractivity contribution in [1.29, 1.82) is 0 Å². The molecule has 3 aliphatic rings. The monoisotopic (exact) mass is 922 g/mol. The Bertz CT molecular complexity index is 2380. The van der Waals surface area contributed by atoms with Gasteiger partial charge in [0.15, 0.2) is 0 Å². The van der Waals surface area contributed by atoms with Gasteiger partial charge < -0.3 is 24.8 Å². The number of halogens is 8. The zero-order chi connectivity index (χ0) is 42.0. The molecule has 1 atom stereocenters. The van der Waals surface area contributed by atoms with Crippen LogP contribution in [0, 0.1) is 17.4 Å². The number of alkyl halides is 6. The third-order valence-electron chi connectivity index (χ3n) is 11.1. The van der Waals surface area contributed by atoms with E-state index in [0.717, 1.165) is 48.5 Å². The maximum atomic E-state index is 12.7. The summed E-state index contributed by atoms with van der Waals surface area (Å²) in [6, 6.07) is 21.3. The molecule has 0 bridgehead atoms. The van der Waals surface area contributed by atoms with Crippen molar-refractivity contribution in [3.8, 4) is 0 Å². The molecule has 3 aliphatic carbocycles. The van der Waals surface area contributed by atoms with Crippen molar-refractivity contribution in [2.75, 3.05) is 0 Å². The number of fused-ring (bicyclic) bond motifs is 5. The second-order valence-corrected chi connectivity index (χ2v) is 18.9. The largest absolute Gasteiger partial charge is 1.00 e. The summed E-state index contributed by atoms with van der Waals surface area (Å²) < 4.78 is 76.7. The molecule has 0 heterocycles. The minimum Gasteiger partial charge on any atom is -1.00 e. The van der Waals surface area contributed by atoms with Crippen LogP contribution in [0.3, 0.4) is 0 Å². The molecular weight excluding hydrogens is 877 g/mol. The minimum atomic E-state index is -4.49.